The molecule has 6 rings (SSSR count). The number of hydrogen-bond donors (Lipinski definition) is 1. The quantitative estimate of drug-likeness (QED) is 0.259. The van der Waals surface area contributed by atoms with E-state index in [-0.39, 0.29) is 13.4 Å². The third kappa shape index (κ3) is 4.60. The lowest BCUT2D eigenvalue weighted by Gasteiger charge is -2.26. The molecule has 3 aromatic carbocycles. The van der Waals surface area contributed by atoms with Crippen LogP contribution in [0.5, 0.6) is 0 Å². The number of anilines is 3. The molecule has 0 unspecified atom stereocenters. The van der Waals surface area contributed by atoms with E-state index >= 15 is 0 Å². The van der Waals surface area contributed by atoms with Gasteiger partial charge in [0.05, 0.1) is 28.9 Å². The second-order valence-corrected chi connectivity index (χ2v) is 9.15. The van der Waals surface area contributed by atoms with Gasteiger partial charge in [-0.05, 0) is 68.4 Å². The van der Waals surface area contributed by atoms with Gasteiger partial charge in [0.2, 0.25) is 0 Å². The number of ether oxygens (including phenoxy) is 1. The topological polar surface area (TPSA) is 71.4 Å². The molecule has 3 heterocycles. The zero-order valence-corrected chi connectivity index (χ0v) is 20.7. The smallest absolute Gasteiger partial charge is 0.144 e. The van der Waals surface area contributed by atoms with Crippen LogP contribution < -0.4 is 4.90 Å². The molecule has 0 saturated carbocycles. The Hall–Kier alpha value is -4.39. The normalized spacial score (nSPS) is 11.4. The molecule has 0 bridgehead atoms. The predicted octanol–water partition coefficient (Wildman–Crippen LogP) is 6.88. The van der Waals surface area contributed by atoms with E-state index < -0.39 is 0 Å². The van der Waals surface area contributed by atoms with Crippen LogP contribution in [0.15, 0.2) is 91.0 Å². The standard InChI is InChI=1S/C31H26N4O2/c1-20-3-5-22-8-12-26(15-29(22)32-20)35(27-13-9-23-6-4-21(2)33-30(23)16-27)28-14-10-24-7-11-25(18-37-19-36)34-31(24)17-28/h3-17,36H,18-19H2,1-2H3. The van der Waals surface area contributed by atoms with Gasteiger partial charge >= 0.3 is 0 Å². The number of hydrogen-bond acceptors (Lipinski definition) is 6. The van der Waals surface area contributed by atoms with Gasteiger partial charge in [-0.3, -0.25) is 15.0 Å². The molecule has 3 aromatic heterocycles. The molecule has 0 amide bonds. The molecule has 0 radical (unpaired) electrons. The number of rotatable bonds is 6. The van der Waals surface area contributed by atoms with Crippen molar-refractivity contribution in [2.75, 3.05) is 11.7 Å². The van der Waals surface area contributed by atoms with Crippen molar-refractivity contribution < 1.29 is 9.84 Å². The van der Waals surface area contributed by atoms with Crippen molar-refractivity contribution in [3.63, 3.8) is 0 Å². The lowest BCUT2D eigenvalue weighted by Crippen LogP contribution is -2.10. The second-order valence-electron chi connectivity index (χ2n) is 9.15. The molecule has 6 nitrogen and oxygen atoms in total. The van der Waals surface area contributed by atoms with E-state index in [1.165, 1.54) is 0 Å². The fourth-order valence-corrected chi connectivity index (χ4v) is 4.66. The summed E-state index contributed by atoms with van der Waals surface area (Å²) in [5.74, 6) is 0. The summed E-state index contributed by atoms with van der Waals surface area (Å²) in [5, 5.41) is 12.3. The highest BCUT2D eigenvalue weighted by Gasteiger charge is 2.15. The maximum absolute atomic E-state index is 9.03. The van der Waals surface area contributed by atoms with Gasteiger partial charge in [-0.1, -0.05) is 36.4 Å². The summed E-state index contributed by atoms with van der Waals surface area (Å²) in [6, 6.07) is 31.2. The van der Waals surface area contributed by atoms with Gasteiger partial charge < -0.3 is 14.7 Å². The minimum atomic E-state index is -0.335. The van der Waals surface area contributed by atoms with E-state index in [2.05, 4.69) is 71.6 Å². The van der Waals surface area contributed by atoms with Gasteiger partial charge in [0.25, 0.3) is 0 Å². The minimum absolute atomic E-state index is 0.256. The Balaban J connectivity index is 1.54. The van der Waals surface area contributed by atoms with Gasteiger partial charge in [0, 0.05) is 44.6 Å². The maximum atomic E-state index is 9.03. The molecule has 0 aliphatic rings. The van der Waals surface area contributed by atoms with Crippen LogP contribution >= 0.6 is 0 Å². The Morgan fingerprint density at radius 3 is 1.51 bits per heavy atom. The first-order chi connectivity index (χ1) is 18.1. The first-order valence-corrected chi connectivity index (χ1v) is 12.2. The molecule has 0 fully saturated rings. The van der Waals surface area contributed by atoms with Crippen molar-refractivity contribution in [1.82, 2.24) is 15.0 Å². The largest absolute Gasteiger partial charge is 0.371 e. The van der Waals surface area contributed by atoms with Crippen LogP contribution in [-0.4, -0.2) is 26.9 Å². The van der Waals surface area contributed by atoms with E-state index in [0.717, 1.165) is 66.9 Å². The van der Waals surface area contributed by atoms with Crippen LogP contribution in [0.1, 0.15) is 17.1 Å². The van der Waals surface area contributed by atoms with Crippen LogP contribution in [0.4, 0.5) is 17.1 Å². The van der Waals surface area contributed by atoms with Crippen molar-refractivity contribution in [2.24, 2.45) is 0 Å². The number of nitrogens with zero attached hydrogens (tertiary/aromatic N) is 4. The first kappa shape index (κ1) is 23.0. The number of aromatic nitrogens is 3. The summed E-state index contributed by atoms with van der Waals surface area (Å²) in [4.78, 5) is 16.5. The Morgan fingerprint density at radius 1 is 0.595 bits per heavy atom. The van der Waals surface area contributed by atoms with E-state index in [9.17, 15) is 0 Å². The van der Waals surface area contributed by atoms with Crippen LogP contribution in [0.3, 0.4) is 0 Å². The molecule has 0 aliphatic heterocycles. The molecule has 6 aromatic rings. The van der Waals surface area contributed by atoms with Crippen molar-refractivity contribution in [3.8, 4) is 0 Å². The molecule has 1 N–H and O–H groups in total. The number of fused-ring (bicyclic) bond motifs is 3. The fraction of sp³-hybridized carbons (Fsp3) is 0.129. The average molecular weight is 487 g/mol. The third-order valence-corrected chi connectivity index (χ3v) is 6.48. The van der Waals surface area contributed by atoms with Gasteiger partial charge in [-0.15, -0.1) is 0 Å². The van der Waals surface area contributed by atoms with Crippen LogP contribution in [0.25, 0.3) is 32.7 Å². The molecule has 0 aliphatic carbocycles. The van der Waals surface area contributed by atoms with Crippen molar-refractivity contribution in [1.29, 1.82) is 0 Å². The van der Waals surface area contributed by atoms with E-state index in [1.807, 2.05) is 38.1 Å². The van der Waals surface area contributed by atoms with Crippen LogP contribution in [0, 0.1) is 13.8 Å². The fourth-order valence-electron chi connectivity index (χ4n) is 4.66. The van der Waals surface area contributed by atoms with E-state index in [1.54, 1.807) is 0 Å². The SMILES string of the molecule is Cc1ccc2ccc(N(c3ccc4ccc(C)nc4c3)c3ccc4ccc(COCO)nc4c3)cc2n1. The predicted molar refractivity (Wildman–Crippen MR) is 148 cm³/mol. The number of aliphatic hydroxyl groups is 1. The minimum Gasteiger partial charge on any atom is -0.371 e. The van der Waals surface area contributed by atoms with E-state index in [0.29, 0.717) is 0 Å². The second kappa shape index (κ2) is 9.58. The molecular formula is C31H26N4O2. The molecule has 0 spiro atoms. The highest BCUT2D eigenvalue weighted by molar-refractivity contribution is 5.92. The molecule has 0 saturated heterocycles. The monoisotopic (exact) mass is 486 g/mol. The summed E-state index contributed by atoms with van der Waals surface area (Å²) in [6.45, 7) is 3.94. The van der Waals surface area contributed by atoms with Gasteiger partial charge in [0.1, 0.15) is 6.79 Å². The van der Waals surface area contributed by atoms with Crippen LogP contribution in [-0.2, 0) is 11.3 Å². The van der Waals surface area contributed by atoms with Crippen molar-refractivity contribution >= 4 is 49.8 Å². The Morgan fingerprint density at radius 2 is 1.03 bits per heavy atom. The highest BCUT2D eigenvalue weighted by Crippen LogP contribution is 2.38. The molecular weight excluding hydrogens is 460 g/mol. The summed E-state index contributed by atoms with van der Waals surface area (Å²) in [7, 11) is 0. The summed E-state index contributed by atoms with van der Waals surface area (Å²) >= 11 is 0. The zero-order valence-electron chi connectivity index (χ0n) is 20.7. The highest BCUT2D eigenvalue weighted by atomic mass is 16.6. The Bertz CT molecular complexity index is 1680. The van der Waals surface area contributed by atoms with Gasteiger partial charge in [-0.25, -0.2) is 0 Å². The Labute approximate surface area is 214 Å². The van der Waals surface area contributed by atoms with Crippen LogP contribution in [0.2, 0.25) is 0 Å². The van der Waals surface area contributed by atoms with E-state index in [4.69, 9.17) is 24.8 Å². The Kier molecular flexibility index (Phi) is 5.96. The third-order valence-electron chi connectivity index (χ3n) is 6.48. The average Bonchev–Trinajstić information content (AvgIpc) is 2.91. The number of benzene rings is 3. The number of aliphatic hydroxyl groups excluding tert-OH is 1. The number of aryl methyl sites for hydroxylation is 2. The molecule has 37 heavy (non-hydrogen) atoms. The summed E-state index contributed by atoms with van der Waals surface area (Å²) < 4.78 is 5.15. The maximum Gasteiger partial charge on any atom is 0.144 e. The van der Waals surface area contributed by atoms with Gasteiger partial charge in [0.15, 0.2) is 0 Å². The lowest BCUT2D eigenvalue weighted by atomic mass is 10.1. The van der Waals surface area contributed by atoms with Gasteiger partial charge in [-0.2, -0.15) is 0 Å². The molecule has 182 valence electrons. The molecule has 6 heteroatoms. The number of pyridine rings is 3. The van der Waals surface area contributed by atoms with Crippen molar-refractivity contribution in [2.45, 2.75) is 20.5 Å². The summed E-state index contributed by atoms with van der Waals surface area (Å²) in [5.41, 5.74) is 8.43. The summed E-state index contributed by atoms with van der Waals surface area (Å²) in [6.07, 6.45) is 0. The zero-order chi connectivity index (χ0) is 25.4. The lowest BCUT2D eigenvalue weighted by molar-refractivity contribution is -0.0124. The first-order valence-electron chi connectivity index (χ1n) is 12.2. The van der Waals surface area contributed by atoms with Crippen molar-refractivity contribution in [3.05, 3.63) is 108 Å². The molecule has 0 atom stereocenters.